The van der Waals surface area contributed by atoms with Crippen molar-refractivity contribution in [3.63, 3.8) is 0 Å². The summed E-state index contributed by atoms with van der Waals surface area (Å²) in [6, 6.07) is 15.0. The zero-order valence-electron chi connectivity index (χ0n) is 25.2. The van der Waals surface area contributed by atoms with Crippen molar-refractivity contribution in [3.8, 4) is 5.75 Å². The van der Waals surface area contributed by atoms with E-state index in [0.29, 0.717) is 38.6 Å². The standard InChI is InChI=1S/C31H47N3O6S2/c1-5-11-26(12-6-2)42(38,39)22-28(33-30(36)21-41-4)31(37)34-27(18-23-13-8-7-9-14-23)29(35)20-32-19-24-15-10-16-25(17-24)40-3/h7-10,13-17,26-29,32,35H,5-6,11-12,18-22H2,1-4H3,(H,33,36)(H,34,37)/t27-,28-,29+/m0/s1. The van der Waals surface area contributed by atoms with Crippen LogP contribution in [-0.4, -0.2) is 80.2 Å². The van der Waals surface area contributed by atoms with Crippen molar-refractivity contribution in [1.82, 2.24) is 16.0 Å². The Kier molecular flexibility index (Phi) is 16.0. The summed E-state index contributed by atoms with van der Waals surface area (Å²) in [7, 11) is -2.08. The first-order valence-corrected chi connectivity index (χ1v) is 17.6. The summed E-state index contributed by atoms with van der Waals surface area (Å²) in [5.74, 6) is -0.713. The van der Waals surface area contributed by atoms with Crippen LogP contribution in [0.25, 0.3) is 0 Å². The largest absolute Gasteiger partial charge is 0.497 e. The van der Waals surface area contributed by atoms with E-state index < -0.39 is 50.8 Å². The molecule has 11 heteroatoms. The van der Waals surface area contributed by atoms with Crippen LogP contribution < -0.4 is 20.7 Å². The Labute approximate surface area is 255 Å². The molecule has 0 fully saturated rings. The van der Waals surface area contributed by atoms with Crippen LogP contribution in [0.2, 0.25) is 0 Å². The molecule has 0 saturated heterocycles. The van der Waals surface area contributed by atoms with Crippen LogP contribution in [0.3, 0.4) is 0 Å². The van der Waals surface area contributed by atoms with Crippen molar-refractivity contribution >= 4 is 33.4 Å². The predicted octanol–water partition coefficient (Wildman–Crippen LogP) is 3.10. The van der Waals surface area contributed by atoms with Gasteiger partial charge < -0.3 is 25.8 Å². The minimum atomic E-state index is -3.68. The second-order valence-electron chi connectivity index (χ2n) is 10.4. The van der Waals surface area contributed by atoms with Gasteiger partial charge in [-0.3, -0.25) is 9.59 Å². The second-order valence-corrected chi connectivity index (χ2v) is 13.6. The second kappa shape index (κ2) is 18.8. The van der Waals surface area contributed by atoms with E-state index in [0.717, 1.165) is 16.9 Å². The van der Waals surface area contributed by atoms with Gasteiger partial charge in [0.1, 0.15) is 11.8 Å². The lowest BCUT2D eigenvalue weighted by Crippen LogP contribution is -2.57. The molecule has 0 aliphatic rings. The number of methoxy groups -OCH3 is 1. The first-order chi connectivity index (χ1) is 20.1. The van der Waals surface area contributed by atoms with Crippen molar-refractivity contribution in [2.45, 2.75) is 75.9 Å². The minimum absolute atomic E-state index is 0.0986. The molecule has 2 aromatic rings. The molecule has 0 aliphatic carbocycles. The molecule has 2 amide bonds. The summed E-state index contributed by atoms with van der Waals surface area (Å²) in [5.41, 5.74) is 1.87. The van der Waals surface area contributed by atoms with Gasteiger partial charge in [-0.1, -0.05) is 69.2 Å². The maximum Gasteiger partial charge on any atom is 0.243 e. The smallest absolute Gasteiger partial charge is 0.243 e. The number of ether oxygens (including phenoxy) is 1. The number of hydrogen-bond acceptors (Lipinski definition) is 8. The molecule has 0 radical (unpaired) electrons. The molecule has 3 atom stereocenters. The van der Waals surface area contributed by atoms with Crippen LogP contribution in [0, 0.1) is 0 Å². The lowest BCUT2D eigenvalue weighted by atomic mass is 10.0. The fourth-order valence-electron chi connectivity index (χ4n) is 4.79. The van der Waals surface area contributed by atoms with E-state index in [1.807, 2.05) is 68.4 Å². The van der Waals surface area contributed by atoms with Crippen LogP contribution in [0.5, 0.6) is 5.75 Å². The Morgan fingerprint density at radius 1 is 0.976 bits per heavy atom. The number of aliphatic hydroxyl groups is 1. The number of benzene rings is 2. The molecule has 9 nitrogen and oxygen atoms in total. The van der Waals surface area contributed by atoms with E-state index >= 15 is 0 Å². The van der Waals surface area contributed by atoms with Crippen molar-refractivity contribution < 1.29 is 27.9 Å². The molecule has 4 N–H and O–H groups in total. The SMILES string of the molecule is CCCC(CCC)S(=O)(=O)C[C@H](NC(=O)CSC)C(=O)N[C@@H](Cc1ccccc1)[C@H](O)CNCc1cccc(OC)c1. The Hall–Kier alpha value is -2.60. The summed E-state index contributed by atoms with van der Waals surface area (Å²) >= 11 is 1.28. The summed E-state index contributed by atoms with van der Waals surface area (Å²) in [5, 5.41) is 19.4. The summed E-state index contributed by atoms with van der Waals surface area (Å²) in [4.78, 5) is 26.1. The highest BCUT2D eigenvalue weighted by molar-refractivity contribution is 7.99. The molecule has 0 saturated carbocycles. The third-order valence-electron chi connectivity index (χ3n) is 6.96. The van der Waals surface area contributed by atoms with E-state index in [1.54, 1.807) is 13.4 Å². The maximum atomic E-state index is 13.6. The van der Waals surface area contributed by atoms with Gasteiger partial charge >= 0.3 is 0 Å². The average molecular weight is 622 g/mol. The molecule has 0 unspecified atom stereocenters. The maximum absolute atomic E-state index is 13.6. The monoisotopic (exact) mass is 621 g/mol. The number of amides is 2. The van der Waals surface area contributed by atoms with Crippen molar-refractivity contribution in [2.24, 2.45) is 0 Å². The van der Waals surface area contributed by atoms with Gasteiger partial charge in [-0.15, -0.1) is 0 Å². The molecule has 0 heterocycles. The number of hydrogen-bond donors (Lipinski definition) is 4. The van der Waals surface area contributed by atoms with Crippen LogP contribution in [0.15, 0.2) is 54.6 Å². The molecule has 234 valence electrons. The Balaban J connectivity index is 2.23. The number of rotatable bonds is 20. The van der Waals surface area contributed by atoms with E-state index in [9.17, 15) is 23.1 Å². The average Bonchev–Trinajstić information content (AvgIpc) is 2.97. The third-order valence-corrected chi connectivity index (χ3v) is 9.80. The Morgan fingerprint density at radius 3 is 2.26 bits per heavy atom. The summed E-state index contributed by atoms with van der Waals surface area (Å²) in [6.07, 6.45) is 3.48. The van der Waals surface area contributed by atoms with Gasteiger partial charge in [0.2, 0.25) is 11.8 Å². The number of nitrogens with one attached hydrogen (secondary N) is 3. The Bertz CT molecular complexity index is 1190. The highest BCUT2D eigenvalue weighted by atomic mass is 32.2. The summed E-state index contributed by atoms with van der Waals surface area (Å²) in [6.45, 7) is 4.51. The van der Waals surface area contributed by atoms with Crippen LogP contribution in [0.1, 0.15) is 50.7 Å². The zero-order valence-corrected chi connectivity index (χ0v) is 26.8. The van der Waals surface area contributed by atoms with Crippen molar-refractivity contribution in [2.75, 3.05) is 31.4 Å². The molecule has 2 rings (SSSR count). The minimum Gasteiger partial charge on any atom is -0.497 e. The lowest BCUT2D eigenvalue weighted by Gasteiger charge is -2.28. The van der Waals surface area contributed by atoms with Gasteiger partial charge in [-0.2, -0.15) is 11.8 Å². The fraction of sp³-hybridized carbons (Fsp3) is 0.548. The molecule has 0 aromatic heterocycles. The number of thioether (sulfide) groups is 1. The number of sulfone groups is 1. The van der Waals surface area contributed by atoms with Gasteiger partial charge in [0.15, 0.2) is 9.84 Å². The van der Waals surface area contributed by atoms with Gasteiger partial charge in [0, 0.05) is 13.1 Å². The van der Waals surface area contributed by atoms with E-state index in [-0.39, 0.29) is 12.3 Å². The van der Waals surface area contributed by atoms with Gasteiger partial charge in [0.05, 0.1) is 36.0 Å². The lowest BCUT2D eigenvalue weighted by molar-refractivity contribution is -0.128. The van der Waals surface area contributed by atoms with Crippen LogP contribution in [-0.2, 0) is 32.4 Å². The zero-order chi connectivity index (χ0) is 31.0. The topological polar surface area (TPSA) is 134 Å². The number of aliphatic hydroxyl groups excluding tert-OH is 1. The molecule has 0 aliphatic heterocycles. The Morgan fingerprint density at radius 2 is 1.64 bits per heavy atom. The highest BCUT2D eigenvalue weighted by Gasteiger charge is 2.34. The van der Waals surface area contributed by atoms with Crippen molar-refractivity contribution in [3.05, 3.63) is 65.7 Å². The molecule has 0 spiro atoms. The van der Waals surface area contributed by atoms with E-state index in [1.165, 1.54) is 11.8 Å². The van der Waals surface area contributed by atoms with Crippen molar-refractivity contribution in [1.29, 1.82) is 0 Å². The van der Waals surface area contributed by atoms with Crippen LogP contribution >= 0.6 is 11.8 Å². The van der Waals surface area contributed by atoms with Gasteiger partial charge in [-0.25, -0.2) is 8.42 Å². The molecular formula is C31H47N3O6S2. The first-order valence-electron chi connectivity index (χ1n) is 14.5. The number of carbonyl (C=O) groups excluding carboxylic acids is 2. The van der Waals surface area contributed by atoms with Gasteiger partial charge in [0.25, 0.3) is 0 Å². The molecule has 2 aromatic carbocycles. The van der Waals surface area contributed by atoms with E-state index in [4.69, 9.17) is 4.74 Å². The molecule has 0 bridgehead atoms. The van der Waals surface area contributed by atoms with E-state index in [2.05, 4.69) is 16.0 Å². The fourth-order valence-corrected chi connectivity index (χ4v) is 7.30. The van der Waals surface area contributed by atoms with Gasteiger partial charge in [-0.05, 0) is 48.8 Å². The molecular weight excluding hydrogens is 574 g/mol. The number of carbonyl (C=O) groups is 2. The quantitative estimate of drug-likeness (QED) is 0.177. The molecule has 42 heavy (non-hydrogen) atoms. The van der Waals surface area contributed by atoms with Crippen LogP contribution in [0.4, 0.5) is 0 Å². The highest BCUT2D eigenvalue weighted by Crippen LogP contribution is 2.17. The normalized spacial score (nSPS) is 13.8. The predicted molar refractivity (Wildman–Crippen MR) is 170 cm³/mol. The summed E-state index contributed by atoms with van der Waals surface area (Å²) < 4.78 is 32.1. The third kappa shape index (κ3) is 12.3. The first kappa shape index (κ1) is 35.6.